The predicted octanol–water partition coefficient (Wildman–Crippen LogP) is 11.3. The molecule has 0 unspecified atom stereocenters. The molecule has 45 heavy (non-hydrogen) atoms. The Morgan fingerprint density at radius 1 is 0.889 bits per heavy atom. The van der Waals surface area contributed by atoms with Crippen molar-refractivity contribution >= 4 is 38.5 Å². The largest absolute Gasteiger partial charge is 0.512 e. The normalized spacial score (nSPS) is 11.8. The van der Waals surface area contributed by atoms with Crippen LogP contribution in [0.15, 0.2) is 71.0 Å². The number of para-hydroxylation sites is 1. The molecule has 0 amide bonds. The third kappa shape index (κ3) is 8.31. The minimum atomic E-state index is 0. The van der Waals surface area contributed by atoms with Crippen LogP contribution in [0.5, 0.6) is 0 Å². The number of pyridine rings is 1. The van der Waals surface area contributed by atoms with E-state index >= 15 is 0 Å². The van der Waals surface area contributed by atoms with Crippen molar-refractivity contribution in [1.82, 2.24) is 4.98 Å². The zero-order chi connectivity index (χ0) is 32.0. The molecule has 2 heterocycles. The fourth-order valence-electron chi connectivity index (χ4n) is 6.09. The van der Waals surface area contributed by atoms with Crippen LogP contribution in [0.1, 0.15) is 83.9 Å². The molecule has 0 atom stereocenters. The Morgan fingerprint density at radius 2 is 1.58 bits per heavy atom. The number of aliphatic hydroxyl groups is 1. The van der Waals surface area contributed by atoms with Crippen LogP contribution in [-0.2, 0) is 31.3 Å². The van der Waals surface area contributed by atoms with Crippen LogP contribution in [0.2, 0.25) is 0 Å². The molecule has 5 heteroatoms. The van der Waals surface area contributed by atoms with Crippen molar-refractivity contribution in [2.45, 2.75) is 87.5 Å². The van der Waals surface area contributed by atoms with Gasteiger partial charge in [-0.2, -0.15) is 0 Å². The van der Waals surface area contributed by atoms with Gasteiger partial charge in [-0.1, -0.05) is 95.8 Å². The summed E-state index contributed by atoms with van der Waals surface area (Å²) < 4.78 is 6.38. The van der Waals surface area contributed by atoms with Gasteiger partial charge in [0.1, 0.15) is 5.58 Å². The summed E-state index contributed by atoms with van der Waals surface area (Å²) in [6.07, 6.45) is 7.88. The monoisotopic (exact) mass is 783 g/mol. The molecule has 2 aromatic heterocycles. The van der Waals surface area contributed by atoms with Gasteiger partial charge in [-0.3, -0.25) is 4.79 Å². The standard InChI is InChI=1S/C27H24NO.C13H24O2.Ir/c1-16(2)12-19-8-9-21-20(15-19)10-11-28-25(21)24-14-17(3)13-23-22-7-5-6-18(4)26(22)29-27(23)24;1-5-10(6-2)12(14)9-13(15)11(7-3)8-4;/h5-11,13,15-16H,12H2,1-4H3;9-11,14H,5-8H2,1-4H3;/q-1;;/b;12-9-;. The number of fused-ring (bicyclic) bond motifs is 4. The van der Waals surface area contributed by atoms with Gasteiger partial charge in [0, 0.05) is 49.6 Å². The molecule has 3 aromatic carbocycles. The number of carbonyl (C=O) groups excluding carboxylic acids is 1. The minimum Gasteiger partial charge on any atom is -0.512 e. The topological polar surface area (TPSA) is 63.3 Å². The summed E-state index contributed by atoms with van der Waals surface area (Å²) in [5.41, 5.74) is 7.29. The maximum absolute atomic E-state index is 11.7. The van der Waals surface area contributed by atoms with Crippen molar-refractivity contribution in [1.29, 1.82) is 0 Å². The van der Waals surface area contributed by atoms with Gasteiger partial charge in [0.15, 0.2) is 5.78 Å². The van der Waals surface area contributed by atoms with Crippen molar-refractivity contribution < 1.29 is 34.4 Å². The zero-order valence-electron chi connectivity index (χ0n) is 28.1. The first kappa shape index (κ1) is 36.2. The molecular formula is C40H48IrNO3-. The fraction of sp³-hybridized carbons (Fsp3) is 0.400. The van der Waals surface area contributed by atoms with Gasteiger partial charge in [-0.25, -0.2) is 0 Å². The van der Waals surface area contributed by atoms with E-state index in [-0.39, 0.29) is 43.5 Å². The van der Waals surface area contributed by atoms with Crippen LogP contribution in [0.3, 0.4) is 0 Å². The van der Waals surface area contributed by atoms with Gasteiger partial charge in [0.2, 0.25) is 0 Å². The molecule has 1 N–H and O–H groups in total. The van der Waals surface area contributed by atoms with Crippen molar-refractivity contribution in [3.8, 4) is 11.3 Å². The smallest absolute Gasteiger partial charge is 0.162 e. The Balaban J connectivity index is 0.000000297. The Kier molecular flexibility index (Phi) is 13.1. The molecule has 0 aliphatic heterocycles. The Labute approximate surface area is 282 Å². The molecule has 4 nitrogen and oxygen atoms in total. The van der Waals surface area contributed by atoms with Gasteiger partial charge >= 0.3 is 0 Å². The molecule has 5 aromatic rings. The molecule has 0 saturated heterocycles. The molecule has 0 aliphatic rings. The van der Waals surface area contributed by atoms with Crippen LogP contribution < -0.4 is 0 Å². The van der Waals surface area contributed by atoms with Gasteiger partial charge in [-0.05, 0) is 78.6 Å². The fourth-order valence-corrected chi connectivity index (χ4v) is 6.09. The first-order valence-corrected chi connectivity index (χ1v) is 16.3. The molecule has 0 aliphatic carbocycles. The Bertz CT molecular complexity index is 1770. The SMILES string of the molecule is CCC(CC)C(=O)/C=C(\O)C(CC)CC.Cc1[c-]c(-c2nccc3cc(CC(C)C)ccc23)c2oc3c(C)cccc3c2c1.[Ir]. The minimum absolute atomic E-state index is 0. The van der Waals surface area contributed by atoms with E-state index in [4.69, 9.17) is 9.40 Å². The van der Waals surface area contributed by atoms with Gasteiger partial charge in [-0.15, -0.1) is 17.7 Å². The predicted molar refractivity (Wildman–Crippen MR) is 185 cm³/mol. The van der Waals surface area contributed by atoms with Crippen molar-refractivity contribution in [2.75, 3.05) is 0 Å². The number of furan rings is 1. The van der Waals surface area contributed by atoms with E-state index in [0.29, 0.717) is 5.92 Å². The summed E-state index contributed by atoms with van der Waals surface area (Å²) in [6, 6.07) is 20.8. The molecule has 0 bridgehead atoms. The van der Waals surface area contributed by atoms with E-state index in [9.17, 15) is 9.90 Å². The van der Waals surface area contributed by atoms with Crippen LogP contribution >= 0.6 is 0 Å². The molecule has 0 fully saturated rings. The number of hydrogen-bond donors (Lipinski definition) is 1. The van der Waals surface area contributed by atoms with E-state index in [2.05, 4.69) is 82.3 Å². The van der Waals surface area contributed by atoms with Crippen molar-refractivity contribution in [3.05, 3.63) is 89.3 Å². The summed E-state index contributed by atoms with van der Waals surface area (Å²) in [4.78, 5) is 16.5. The number of aliphatic hydroxyl groups excluding tert-OH is 1. The Hall–Kier alpha value is -3.27. The number of benzene rings is 3. The maximum Gasteiger partial charge on any atom is 0.162 e. The van der Waals surface area contributed by atoms with Gasteiger partial charge in [0.25, 0.3) is 0 Å². The van der Waals surface area contributed by atoms with Crippen LogP contribution in [0.25, 0.3) is 44.0 Å². The van der Waals surface area contributed by atoms with E-state index in [1.54, 1.807) is 0 Å². The summed E-state index contributed by atoms with van der Waals surface area (Å²) in [5.74, 6) is 1.18. The third-order valence-corrected chi connectivity index (χ3v) is 8.65. The molecule has 0 saturated carbocycles. The molecular weight excluding hydrogens is 735 g/mol. The molecule has 1 radical (unpaired) electrons. The second-order valence-electron chi connectivity index (χ2n) is 12.4. The van der Waals surface area contributed by atoms with Crippen molar-refractivity contribution in [2.24, 2.45) is 17.8 Å². The summed E-state index contributed by atoms with van der Waals surface area (Å²) in [5, 5.41) is 14.4. The molecule has 241 valence electrons. The van der Waals surface area contributed by atoms with Crippen LogP contribution in [0, 0.1) is 37.7 Å². The van der Waals surface area contributed by atoms with Crippen LogP contribution in [0.4, 0.5) is 0 Å². The first-order chi connectivity index (χ1) is 21.1. The van der Waals surface area contributed by atoms with E-state index in [1.807, 2.05) is 33.9 Å². The maximum atomic E-state index is 11.7. The molecule has 0 spiro atoms. The number of carbonyl (C=O) groups is 1. The third-order valence-electron chi connectivity index (χ3n) is 8.65. The van der Waals surface area contributed by atoms with Gasteiger partial charge in [0.05, 0.1) is 11.3 Å². The number of nitrogens with zero attached hydrogens (tertiary/aromatic N) is 1. The molecule has 5 rings (SSSR count). The second-order valence-corrected chi connectivity index (χ2v) is 12.4. The van der Waals surface area contributed by atoms with Crippen LogP contribution in [-0.4, -0.2) is 15.9 Å². The number of ketones is 1. The number of rotatable bonds is 10. The summed E-state index contributed by atoms with van der Waals surface area (Å²) >= 11 is 0. The number of hydrogen-bond acceptors (Lipinski definition) is 4. The second kappa shape index (κ2) is 16.3. The Morgan fingerprint density at radius 3 is 2.22 bits per heavy atom. The number of allylic oxidation sites excluding steroid dienone is 2. The van der Waals surface area contributed by atoms with E-state index < -0.39 is 0 Å². The first-order valence-electron chi connectivity index (χ1n) is 16.3. The zero-order valence-corrected chi connectivity index (χ0v) is 30.5. The average Bonchev–Trinajstić information content (AvgIpc) is 3.37. The quantitative estimate of drug-likeness (QED) is 0.0871. The summed E-state index contributed by atoms with van der Waals surface area (Å²) in [6.45, 7) is 16.8. The average molecular weight is 783 g/mol. The van der Waals surface area contributed by atoms with E-state index in [0.717, 1.165) is 81.8 Å². The summed E-state index contributed by atoms with van der Waals surface area (Å²) in [7, 11) is 0. The van der Waals surface area contributed by atoms with Gasteiger partial charge < -0.3 is 14.5 Å². The number of aryl methyl sites for hydroxylation is 2. The van der Waals surface area contributed by atoms with Crippen molar-refractivity contribution in [3.63, 3.8) is 0 Å². The van der Waals surface area contributed by atoms with E-state index in [1.165, 1.54) is 17.0 Å². The number of aromatic nitrogens is 1.